The van der Waals surface area contributed by atoms with E-state index in [1.165, 1.54) is 70.9 Å². The third-order valence-electron chi connectivity index (χ3n) is 13.4. The average Bonchev–Trinajstić information content (AvgIpc) is 1.02. The van der Waals surface area contributed by atoms with Crippen molar-refractivity contribution in [2.24, 2.45) is 15.0 Å². The molecular weight excluding hydrogens is 2090 g/mol. The van der Waals surface area contributed by atoms with Gasteiger partial charge in [-0.05, 0) is 100 Å². The van der Waals surface area contributed by atoms with Crippen LogP contribution in [0.2, 0.25) is 0 Å². The molecule has 8 N–H and O–H groups in total. The van der Waals surface area contributed by atoms with Crippen LogP contribution in [-0.4, -0.2) is 115 Å². The minimum absolute atomic E-state index is 0. The molecule has 7 aromatic carbocycles. The van der Waals surface area contributed by atoms with Crippen molar-refractivity contribution in [2.75, 3.05) is 7.05 Å². The largest absolute Gasteiger partial charge is 0.512 e. The predicted molar refractivity (Wildman–Crippen MR) is 385 cm³/mol. The second-order valence-electron chi connectivity index (χ2n) is 22.2. The summed E-state index contributed by atoms with van der Waals surface area (Å²) in [6.45, 7) is 9.90. The van der Waals surface area contributed by atoms with Crippen molar-refractivity contribution in [3.05, 3.63) is 303 Å². The summed E-state index contributed by atoms with van der Waals surface area (Å²) in [6, 6.07) is 66.9. The number of carbonyl (C=O) groups is 1. The number of nitrogens with zero attached hydrogens (tertiary/aromatic N) is 5. The fourth-order valence-electron chi connectivity index (χ4n) is 9.07. The maximum absolute atomic E-state index is 11.8. The Kier molecular flexibility index (Phi) is 42.6. The van der Waals surface area contributed by atoms with E-state index >= 15 is 0 Å². The van der Waals surface area contributed by atoms with Crippen LogP contribution in [0.4, 0.5) is 37.7 Å². The molecule has 0 saturated carbocycles. The van der Waals surface area contributed by atoms with Crippen LogP contribution >= 0.6 is 0 Å². The van der Waals surface area contributed by atoms with Crippen molar-refractivity contribution in [3.8, 4) is 11.3 Å². The smallest absolute Gasteiger partial charge is 0.509 e. The number of allylic oxidation sites excluding steroid dienone is 11. The third kappa shape index (κ3) is 34.1. The van der Waals surface area contributed by atoms with E-state index in [9.17, 15) is 35.9 Å². The molecule has 1 aromatic heterocycles. The van der Waals surface area contributed by atoms with Crippen LogP contribution in [0.15, 0.2) is 265 Å². The second kappa shape index (κ2) is 47.8. The van der Waals surface area contributed by atoms with Gasteiger partial charge < -0.3 is 39.5 Å². The van der Waals surface area contributed by atoms with Crippen LogP contribution in [0.3, 0.4) is 0 Å². The molecule has 106 heavy (non-hydrogen) atoms. The molecule has 3 aliphatic heterocycles. The van der Waals surface area contributed by atoms with Crippen LogP contribution in [0.25, 0.3) is 22.4 Å². The SMILES string of the molecule is CC(=[OH+])C=C(C)O.CC(=[OH+])C=C(C)O.CC(=[OH+])C=C(C)O.CN1Cc2ccccc2N=C1c1[c-]cccc1.O=C1CC2=C(CCC=C2)N=C(c2[c-]cccc2)O1.O=c1oc2ccccc2nc1-c1[c-]cccc1.OC(=CC(=[OH+])C(F)(F)F)C(F)(F)F.[Ir].[Ir].[Ir].[Ir].[c-]1ccccc1C1=Nc2ccccc2CC1. The van der Waals surface area contributed by atoms with E-state index in [-0.39, 0.29) is 121 Å². The van der Waals surface area contributed by atoms with E-state index < -0.39 is 35.6 Å². The maximum Gasteiger partial charge on any atom is 0.509 e. The number of cyclic esters (lactones) is 1. The van der Waals surface area contributed by atoms with Crippen molar-refractivity contribution >= 4 is 69.0 Å². The summed E-state index contributed by atoms with van der Waals surface area (Å²) in [4.78, 5) is 77.1. The number of para-hydroxylation sites is 4. The number of hydrogen-bond acceptors (Lipinski definition) is 13. The number of benzene rings is 7. The minimum atomic E-state index is -5.31. The number of alkyl halides is 6. The van der Waals surface area contributed by atoms with Gasteiger partial charge in [0.1, 0.15) is 5.90 Å². The topological polar surface area (TPSA) is 276 Å². The molecule has 4 radical (unpaired) electrons. The van der Waals surface area contributed by atoms with Crippen molar-refractivity contribution < 1.29 is 160 Å². The predicted octanol–water partition coefficient (Wildman–Crippen LogP) is 17.1. The molecule has 0 spiro atoms. The number of aryl methyl sites for hydroxylation is 1. The number of aliphatic hydroxyl groups is 4. The minimum Gasteiger partial charge on any atom is -0.512 e. The molecular formula is C79H75F6Ir4N5O12. The molecule has 0 fully saturated rings. The molecule has 17 nitrogen and oxygen atoms in total. The van der Waals surface area contributed by atoms with Crippen LogP contribution in [-0.2, 0) is 103 Å². The Morgan fingerprint density at radius 2 is 0.991 bits per heavy atom. The molecule has 27 heteroatoms. The van der Waals surface area contributed by atoms with Gasteiger partial charge in [0.05, 0.1) is 97.2 Å². The van der Waals surface area contributed by atoms with Gasteiger partial charge in [0.2, 0.25) is 5.76 Å². The third-order valence-corrected chi connectivity index (χ3v) is 13.4. The molecule has 1 aliphatic carbocycles. The van der Waals surface area contributed by atoms with Crippen LogP contribution in [0.5, 0.6) is 0 Å². The van der Waals surface area contributed by atoms with Crippen molar-refractivity contribution in [1.29, 1.82) is 0 Å². The molecule has 0 saturated heterocycles. The number of rotatable bonds is 8. The number of ketones is 4. The van der Waals surface area contributed by atoms with Crippen molar-refractivity contribution in [2.45, 2.75) is 92.5 Å². The summed E-state index contributed by atoms with van der Waals surface area (Å²) in [5.74, 6) is -3.18. The average molecular weight is 2170 g/mol. The molecule has 0 amide bonds. The Morgan fingerprint density at radius 1 is 0.528 bits per heavy atom. The number of aliphatic imine (C=N–C) groups is 3. The monoisotopic (exact) mass is 2170 g/mol. The van der Waals surface area contributed by atoms with Crippen LogP contribution in [0, 0.1) is 24.3 Å². The summed E-state index contributed by atoms with van der Waals surface area (Å²) < 4.78 is 78.8. The molecule has 12 rings (SSSR count). The van der Waals surface area contributed by atoms with E-state index in [4.69, 9.17) is 58.7 Å². The van der Waals surface area contributed by atoms with Gasteiger partial charge in [0, 0.05) is 92.7 Å². The first-order valence-electron chi connectivity index (χ1n) is 31.2. The number of hydrogen-bond donors (Lipinski definition) is 4. The van der Waals surface area contributed by atoms with E-state index in [2.05, 4.69) is 94.7 Å². The van der Waals surface area contributed by atoms with Crippen molar-refractivity contribution in [3.63, 3.8) is 0 Å². The molecule has 4 heterocycles. The van der Waals surface area contributed by atoms with Gasteiger partial charge in [0.25, 0.3) is 0 Å². The molecule has 0 atom stereocenters. The van der Waals surface area contributed by atoms with Gasteiger partial charge in [-0.1, -0.05) is 66.2 Å². The Labute approximate surface area is 663 Å². The van der Waals surface area contributed by atoms with Gasteiger partial charge in [0.15, 0.2) is 5.58 Å². The number of fused-ring (bicyclic) bond motifs is 3. The standard InChI is InChI=1S/C15H13N2.C15H12NO2.C15H12N.C14H8NO2.C5H2F6O2.3C5H8O2.4Ir/c1-17-11-13-9-5-6-10-14(13)16-15(17)12-7-3-2-4-8-12;17-14-10-12-8-4-5-9-13(12)16-15(18-14)11-6-2-1-3-7-11;1-2-6-12(7-3-1)15-11-10-13-8-4-5-9-14(13)16-15;16-14-13(10-6-2-1-3-7-10)15-11-8-4-5-9-12(11)17-14;6-4(7,8)2(12)1-3(13)5(9,10)11;3*1-4(6)3-5(2)7;;;;/h2-7,9-10H,11H2,1H3;1-4,6,8H,5,9-10H2;1-6,8-9H,10-11H2;1-6,8-9H;1,12H;3*3,6H,1-2H3;;;;/q4*-1;;;;;;;;/p+4. The number of aromatic nitrogens is 1. The van der Waals surface area contributed by atoms with Gasteiger partial charge in [-0.15, -0.1) is 138 Å². The molecule has 4 aliphatic rings. The first kappa shape index (κ1) is 94.5. The zero-order valence-electron chi connectivity index (χ0n) is 57.9. The van der Waals surface area contributed by atoms with Gasteiger partial charge in [-0.25, -0.2) is 0 Å². The van der Waals surface area contributed by atoms with Gasteiger partial charge >= 0.3 is 47.1 Å². The number of esters is 1. The zero-order chi connectivity index (χ0) is 74.9. The fourth-order valence-corrected chi connectivity index (χ4v) is 9.07. The zero-order valence-corrected chi connectivity index (χ0v) is 67.5. The first-order valence-corrected chi connectivity index (χ1v) is 31.2. The summed E-state index contributed by atoms with van der Waals surface area (Å²) in [7, 11) is 2.07. The summed E-state index contributed by atoms with van der Waals surface area (Å²) in [6.07, 6.45) is 0.670. The van der Waals surface area contributed by atoms with Gasteiger partial charge in [-0.3, -0.25) is 43.7 Å². The van der Waals surface area contributed by atoms with E-state index in [1.807, 2.05) is 103 Å². The summed E-state index contributed by atoms with van der Waals surface area (Å²) in [5.41, 5.74) is 12.4. The Balaban J connectivity index is 0.000000617. The van der Waals surface area contributed by atoms with E-state index in [1.54, 1.807) is 30.3 Å². The van der Waals surface area contributed by atoms with Crippen LogP contribution in [0.1, 0.15) is 95.0 Å². The molecule has 8 aromatic rings. The number of aliphatic hydroxyl groups excluding tert-OH is 4. The fraction of sp³-hybridized carbons (Fsp3) is 0.190. The normalized spacial score (nSPS) is 13.3. The second-order valence-corrected chi connectivity index (χ2v) is 22.2. The van der Waals surface area contributed by atoms with Crippen molar-refractivity contribution in [1.82, 2.24) is 9.88 Å². The number of amidine groups is 1. The quantitative estimate of drug-likeness (QED) is 0.0279. The number of ether oxygens (including phenoxy) is 1. The summed E-state index contributed by atoms with van der Waals surface area (Å²) >= 11 is 0. The first-order chi connectivity index (χ1) is 48.4. The van der Waals surface area contributed by atoms with E-state index in [0.717, 1.165) is 77.5 Å². The Hall–Kier alpha value is -9.54. The van der Waals surface area contributed by atoms with E-state index in [0.29, 0.717) is 40.2 Å². The molecule has 0 bridgehead atoms. The van der Waals surface area contributed by atoms with Crippen LogP contribution < -0.4 is 5.63 Å². The van der Waals surface area contributed by atoms with Gasteiger partial charge in [-0.2, -0.15) is 26.3 Å². The molecule has 0 unspecified atom stereocenters. The summed E-state index contributed by atoms with van der Waals surface area (Å²) in [5, 5.41) is 33.2. The Bertz CT molecular complexity index is 4480. The molecule has 566 valence electrons. The maximum atomic E-state index is 11.8. The number of carbonyl (C=O) groups excluding carboxylic acids is 5. The Morgan fingerprint density at radius 3 is 1.47 bits per heavy atom. The number of halogens is 6.